The SMILES string of the molecule is CC[C@H](C(=O)NC(C)(C)C)N(Cc1ccc(C)cc1)C(=O)CN(c1cc(Cl)cc(Cl)c1)S(=O)(=O)c1ccccc1. The molecule has 0 saturated carbocycles. The molecule has 0 spiro atoms. The normalized spacial score (nSPS) is 12.5. The molecule has 0 aliphatic rings. The van der Waals surface area contributed by atoms with Crippen LogP contribution in [-0.4, -0.2) is 43.3 Å². The average Bonchev–Trinajstić information content (AvgIpc) is 2.87. The molecule has 0 aliphatic heterocycles. The van der Waals surface area contributed by atoms with Gasteiger partial charge in [0.2, 0.25) is 11.8 Å². The average molecular weight is 605 g/mol. The molecule has 0 unspecified atom stereocenters. The number of rotatable bonds is 10. The van der Waals surface area contributed by atoms with Crippen LogP contribution in [0.4, 0.5) is 5.69 Å². The molecule has 2 amide bonds. The molecule has 0 fully saturated rings. The molecule has 0 heterocycles. The summed E-state index contributed by atoms with van der Waals surface area (Å²) in [5.41, 5.74) is 1.47. The van der Waals surface area contributed by atoms with Crippen molar-refractivity contribution in [1.82, 2.24) is 10.2 Å². The van der Waals surface area contributed by atoms with Crippen molar-refractivity contribution in [3.63, 3.8) is 0 Å². The molecule has 7 nitrogen and oxygen atoms in total. The van der Waals surface area contributed by atoms with Crippen molar-refractivity contribution in [2.75, 3.05) is 10.8 Å². The maximum Gasteiger partial charge on any atom is 0.264 e. The number of hydrogen-bond donors (Lipinski definition) is 1. The van der Waals surface area contributed by atoms with Gasteiger partial charge >= 0.3 is 0 Å². The number of carbonyl (C=O) groups is 2. The predicted octanol–water partition coefficient (Wildman–Crippen LogP) is 6.22. The second-order valence-corrected chi connectivity index (χ2v) is 13.4. The molecule has 1 atom stereocenters. The van der Waals surface area contributed by atoms with Gasteiger partial charge < -0.3 is 10.2 Å². The van der Waals surface area contributed by atoms with Gasteiger partial charge in [0.15, 0.2) is 0 Å². The number of sulfonamides is 1. The topological polar surface area (TPSA) is 86.8 Å². The van der Waals surface area contributed by atoms with Crippen molar-refractivity contribution in [1.29, 1.82) is 0 Å². The Morgan fingerprint density at radius 1 is 0.925 bits per heavy atom. The van der Waals surface area contributed by atoms with Crippen molar-refractivity contribution in [3.05, 3.63) is 94.0 Å². The highest BCUT2D eigenvalue weighted by Gasteiger charge is 2.34. The number of hydrogen-bond acceptors (Lipinski definition) is 4. The number of nitrogens with one attached hydrogen (secondary N) is 1. The monoisotopic (exact) mass is 603 g/mol. The summed E-state index contributed by atoms with van der Waals surface area (Å²) in [5, 5.41) is 3.39. The summed E-state index contributed by atoms with van der Waals surface area (Å²) in [6, 6.07) is 19.0. The van der Waals surface area contributed by atoms with Crippen molar-refractivity contribution in [2.45, 2.75) is 64.1 Å². The molecule has 3 aromatic rings. The van der Waals surface area contributed by atoms with Gasteiger partial charge in [0.25, 0.3) is 10.0 Å². The molecule has 0 aromatic heterocycles. The molecule has 0 aliphatic carbocycles. The van der Waals surface area contributed by atoms with Crippen LogP contribution in [0.15, 0.2) is 77.7 Å². The van der Waals surface area contributed by atoms with Gasteiger partial charge in [0.05, 0.1) is 10.6 Å². The number of halogens is 2. The van der Waals surface area contributed by atoms with Crippen LogP contribution in [0.25, 0.3) is 0 Å². The highest BCUT2D eigenvalue weighted by atomic mass is 35.5. The fourth-order valence-corrected chi connectivity index (χ4v) is 6.13. The molecule has 0 radical (unpaired) electrons. The third-order valence-corrected chi connectivity index (χ3v) is 8.33. The van der Waals surface area contributed by atoms with E-state index < -0.39 is 34.1 Å². The van der Waals surface area contributed by atoms with E-state index >= 15 is 0 Å². The van der Waals surface area contributed by atoms with E-state index in [2.05, 4.69) is 5.32 Å². The van der Waals surface area contributed by atoms with Gasteiger partial charge in [-0.3, -0.25) is 13.9 Å². The van der Waals surface area contributed by atoms with Crippen LogP contribution in [0.3, 0.4) is 0 Å². The first-order valence-corrected chi connectivity index (χ1v) is 15.1. The Morgan fingerprint density at radius 2 is 1.50 bits per heavy atom. The predicted molar refractivity (Wildman–Crippen MR) is 161 cm³/mol. The van der Waals surface area contributed by atoms with Gasteiger partial charge in [0.1, 0.15) is 12.6 Å². The number of carbonyl (C=O) groups excluding carboxylic acids is 2. The van der Waals surface area contributed by atoms with Crippen LogP contribution in [0.5, 0.6) is 0 Å². The Balaban J connectivity index is 2.09. The molecule has 214 valence electrons. The fourth-order valence-electron chi connectivity index (χ4n) is 4.19. The van der Waals surface area contributed by atoms with Crippen LogP contribution < -0.4 is 9.62 Å². The fraction of sp³-hybridized carbons (Fsp3) is 0.333. The summed E-state index contributed by atoms with van der Waals surface area (Å²) in [4.78, 5) is 28.9. The van der Waals surface area contributed by atoms with E-state index in [4.69, 9.17) is 23.2 Å². The zero-order chi connectivity index (χ0) is 29.7. The summed E-state index contributed by atoms with van der Waals surface area (Å²) in [6.07, 6.45) is 0.327. The smallest absolute Gasteiger partial charge is 0.264 e. The summed E-state index contributed by atoms with van der Waals surface area (Å²) >= 11 is 12.5. The zero-order valence-electron chi connectivity index (χ0n) is 23.3. The number of nitrogens with zero attached hydrogens (tertiary/aromatic N) is 2. The van der Waals surface area contributed by atoms with E-state index in [1.807, 2.05) is 58.9 Å². The standard InChI is InChI=1S/C30H35Cl2N3O4S/c1-6-27(29(37)33-30(3,4)5)34(19-22-14-12-21(2)13-15-22)28(36)20-35(25-17-23(31)16-24(32)18-25)40(38,39)26-10-8-7-9-11-26/h7-18,27H,6,19-20H2,1-5H3,(H,33,37)/t27-/m1/s1. The third-order valence-electron chi connectivity index (χ3n) is 6.10. The van der Waals surface area contributed by atoms with Gasteiger partial charge in [-0.15, -0.1) is 0 Å². The highest BCUT2D eigenvalue weighted by Crippen LogP contribution is 2.30. The minimum absolute atomic E-state index is 0.00139. The zero-order valence-corrected chi connectivity index (χ0v) is 25.6. The van der Waals surface area contributed by atoms with Crippen molar-refractivity contribution >= 4 is 50.7 Å². The van der Waals surface area contributed by atoms with E-state index in [9.17, 15) is 18.0 Å². The molecular formula is C30H35Cl2N3O4S. The van der Waals surface area contributed by atoms with Gasteiger partial charge in [-0.1, -0.05) is 78.2 Å². The molecule has 1 N–H and O–H groups in total. The lowest BCUT2D eigenvalue weighted by molar-refractivity contribution is -0.141. The van der Waals surface area contributed by atoms with E-state index in [-0.39, 0.29) is 33.1 Å². The summed E-state index contributed by atoms with van der Waals surface area (Å²) in [7, 11) is -4.21. The first kappa shape index (κ1) is 31.5. The maximum atomic E-state index is 14.1. The minimum Gasteiger partial charge on any atom is -0.350 e. The van der Waals surface area contributed by atoms with Gasteiger partial charge in [-0.05, 0) is 70.0 Å². The number of aryl methyl sites for hydroxylation is 1. The van der Waals surface area contributed by atoms with Gasteiger partial charge in [0, 0.05) is 22.1 Å². The Morgan fingerprint density at radius 3 is 2.02 bits per heavy atom. The summed E-state index contributed by atoms with van der Waals surface area (Å²) in [6.45, 7) is 8.91. The van der Waals surface area contributed by atoms with Gasteiger partial charge in [-0.25, -0.2) is 8.42 Å². The second-order valence-electron chi connectivity index (χ2n) is 10.6. The maximum absolute atomic E-state index is 14.1. The lowest BCUT2D eigenvalue weighted by Crippen LogP contribution is -2.55. The Bertz CT molecular complexity index is 1420. The lowest BCUT2D eigenvalue weighted by atomic mass is 10.1. The van der Waals surface area contributed by atoms with Crippen LogP contribution in [0, 0.1) is 6.92 Å². The van der Waals surface area contributed by atoms with E-state index in [0.717, 1.165) is 15.4 Å². The summed E-state index contributed by atoms with van der Waals surface area (Å²) < 4.78 is 28.7. The quantitative estimate of drug-likeness (QED) is 0.298. The molecule has 0 saturated heterocycles. The number of benzene rings is 3. The molecular weight excluding hydrogens is 569 g/mol. The Kier molecular flexibility index (Phi) is 10.3. The summed E-state index contributed by atoms with van der Waals surface area (Å²) in [5.74, 6) is -0.870. The molecule has 10 heteroatoms. The number of anilines is 1. The van der Waals surface area contributed by atoms with Crippen LogP contribution in [-0.2, 0) is 26.2 Å². The van der Waals surface area contributed by atoms with Crippen LogP contribution in [0.2, 0.25) is 10.0 Å². The van der Waals surface area contributed by atoms with Crippen LogP contribution >= 0.6 is 23.2 Å². The molecule has 3 aromatic carbocycles. The van der Waals surface area contributed by atoms with Crippen molar-refractivity contribution in [2.24, 2.45) is 0 Å². The highest BCUT2D eigenvalue weighted by molar-refractivity contribution is 7.92. The Labute approximate surface area is 247 Å². The minimum atomic E-state index is -4.21. The van der Waals surface area contributed by atoms with Crippen molar-refractivity contribution in [3.8, 4) is 0 Å². The van der Waals surface area contributed by atoms with Crippen molar-refractivity contribution < 1.29 is 18.0 Å². The van der Waals surface area contributed by atoms with Crippen LogP contribution in [0.1, 0.15) is 45.2 Å². The molecule has 40 heavy (non-hydrogen) atoms. The molecule has 0 bridgehead atoms. The second kappa shape index (κ2) is 13.1. The van der Waals surface area contributed by atoms with E-state index in [1.165, 1.54) is 35.2 Å². The largest absolute Gasteiger partial charge is 0.350 e. The molecule has 3 rings (SSSR count). The van der Waals surface area contributed by atoms with E-state index in [0.29, 0.717) is 6.42 Å². The Hall–Kier alpha value is -3.07. The first-order chi connectivity index (χ1) is 18.7. The third kappa shape index (κ3) is 8.22. The van der Waals surface area contributed by atoms with Gasteiger partial charge in [-0.2, -0.15) is 0 Å². The number of amides is 2. The first-order valence-electron chi connectivity index (χ1n) is 12.9. The lowest BCUT2D eigenvalue weighted by Gasteiger charge is -2.34. The van der Waals surface area contributed by atoms with E-state index in [1.54, 1.807) is 18.2 Å².